The number of nitrogens with zero attached hydrogens (tertiary/aromatic N) is 15. The maximum absolute atomic E-state index is 12.9. The van der Waals surface area contributed by atoms with Crippen molar-refractivity contribution in [2.24, 2.45) is 5.73 Å². The van der Waals surface area contributed by atoms with Gasteiger partial charge in [0, 0.05) is 138 Å². The topological polar surface area (TPSA) is 483 Å². The van der Waals surface area contributed by atoms with E-state index in [9.17, 15) is 24.0 Å². The van der Waals surface area contributed by atoms with E-state index >= 15 is 0 Å². The molecule has 0 atom stereocenters. The second-order valence-electron chi connectivity index (χ2n) is 35.5. The lowest BCUT2D eigenvalue weighted by Crippen LogP contribution is -2.41. The van der Waals surface area contributed by atoms with Gasteiger partial charge >= 0.3 is 0 Å². The fourth-order valence-corrected chi connectivity index (χ4v) is 17.8. The minimum Gasteiger partial charge on any atom is -0.382 e. The van der Waals surface area contributed by atoms with Gasteiger partial charge in [-0.2, -0.15) is 0 Å². The molecule has 734 valence electrons. The molecule has 0 saturated heterocycles. The molecule has 35 heteroatoms. The van der Waals surface area contributed by atoms with Gasteiger partial charge in [-0.25, -0.2) is 49.8 Å². The van der Waals surface area contributed by atoms with Gasteiger partial charge in [0.2, 0.25) is 0 Å². The molecule has 16 N–H and O–H groups in total. The van der Waals surface area contributed by atoms with Crippen molar-refractivity contribution in [2.75, 3.05) is 35.2 Å². The molecule has 10 heterocycles. The van der Waals surface area contributed by atoms with E-state index in [0.29, 0.717) is 122 Å². The number of carbonyl (C=O) groups is 5. The Kier molecular flexibility index (Phi) is 30.1. The van der Waals surface area contributed by atoms with E-state index in [1.165, 1.54) is 0 Å². The third kappa shape index (κ3) is 22.8. The molecule has 20 aromatic rings. The van der Waals surface area contributed by atoms with Crippen LogP contribution in [0.1, 0.15) is 112 Å². The van der Waals surface area contributed by atoms with Crippen LogP contribution < -0.4 is 55.7 Å². The molecule has 10 aromatic heterocycles. The highest BCUT2D eigenvalue weighted by Gasteiger charge is 2.32. The smallest absolute Gasteiger partial charge is 0.274 e. The van der Waals surface area contributed by atoms with Crippen molar-refractivity contribution >= 4 is 171 Å². The number of amides is 5. The molecule has 22 rings (SSSR count). The van der Waals surface area contributed by atoms with E-state index < -0.39 is 11.4 Å². The molecule has 30 nitrogen and oxygen atoms in total. The number of pyridine rings is 5. The number of benzene rings is 10. The van der Waals surface area contributed by atoms with E-state index in [2.05, 4.69) is 91.0 Å². The lowest BCUT2D eigenvalue weighted by molar-refractivity contribution is 0.0905. The summed E-state index contributed by atoms with van der Waals surface area (Å²) in [6.07, 6.45) is 13.5. The molecular formula is C113H92Cl5N25O5. The molecule has 2 saturated carbocycles. The van der Waals surface area contributed by atoms with Crippen LogP contribution in [0.5, 0.6) is 0 Å². The van der Waals surface area contributed by atoms with Crippen LogP contribution in [0, 0.1) is 0 Å². The van der Waals surface area contributed by atoms with Gasteiger partial charge in [-0.15, -0.1) is 0 Å². The largest absolute Gasteiger partial charge is 0.382 e. The van der Waals surface area contributed by atoms with Crippen LogP contribution in [-0.2, 0) is 0 Å². The Labute approximate surface area is 873 Å². The standard InChI is InChI=1S/C24H20ClN5O.C24H22ClN5O.C23H18ClN5O.C22H18ClN5O.C20H14ClN5O/c25-18-13-16(12-15-8-5-11-27-19(15)18)21-20(14-6-2-1-3-7-14)30-23(26)22(29-21)24(31)28-17-9-4-10-17;1-24(2,3)30-23(31)21-22(26)29-19(14-8-5-4-6-9-14)20(28-21)16-12-15-10-7-11-27-18(15)17(25)13-16;24-17-12-15(11-14-7-4-10-26-18(14)17)20-19(13-5-2-1-3-6-13)29-22(25)21(28-20)23(30)27-16-8-9-16;1-2-25-22(29)20-21(24)28-18(13-7-4-3-5-8-13)19(27-20)15-11-14-9-6-10-26-17(14)16(23)12-15;21-14-10-13(9-12-7-4-8-24-15(12)14)17-16(11-5-2-1-3-6-11)26-19(22)18(25-17)20(23)27/h1-3,5-8,11-13,17H,4,9-10H2,(H2,26,30)(H,28,31);4-13H,1-3H3,(H2,26,29)(H,30,31);1-7,10-12,16H,8-9H2,(H2,25,29)(H,27,30);3-12H,2H2,1H3,(H2,24,28)(H,25,29);1-10H,(H2,22,26)(H2,23,27). The van der Waals surface area contributed by atoms with Crippen LogP contribution in [-0.4, -0.2) is 128 Å². The molecule has 10 aromatic carbocycles. The molecule has 0 unspecified atom stereocenters. The Bertz CT molecular complexity index is 8520. The molecular weight excluding hydrogens is 1960 g/mol. The third-order valence-corrected chi connectivity index (χ3v) is 25.2. The molecule has 0 aliphatic heterocycles. The van der Waals surface area contributed by atoms with E-state index in [1.54, 1.807) is 61.3 Å². The number of hydrogen-bond donors (Lipinski definition) is 10. The zero-order valence-electron chi connectivity index (χ0n) is 79.9. The average Bonchev–Trinajstić information content (AvgIpc) is 1.11. The number of rotatable bonds is 18. The zero-order valence-corrected chi connectivity index (χ0v) is 83.6. The lowest BCUT2D eigenvalue weighted by atomic mass is 9.93. The summed E-state index contributed by atoms with van der Waals surface area (Å²) >= 11 is 32.4. The summed E-state index contributed by atoms with van der Waals surface area (Å²) in [7, 11) is 0. The van der Waals surface area contributed by atoms with Gasteiger partial charge in [0.15, 0.2) is 57.6 Å². The molecule has 2 aliphatic carbocycles. The molecule has 0 radical (unpaired) electrons. The van der Waals surface area contributed by atoms with E-state index in [4.69, 9.17) is 97.4 Å². The van der Waals surface area contributed by atoms with E-state index in [1.807, 2.05) is 270 Å². The van der Waals surface area contributed by atoms with Crippen LogP contribution in [0.15, 0.2) is 304 Å². The number of fused-ring (bicyclic) bond motifs is 5. The van der Waals surface area contributed by atoms with Crippen LogP contribution in [0.3, 0.4) is 0 Å². The van der Waals surface area contributed by atoms with E-state index in [-0.39, 0.29) is 93.3 Å². The Balaban J connectivity index is 0.000000121. The maximum Gasteiger partial charge on any atom is 0.274 e. The first-order chi connectivity index (χ1) is 71.5. The minimum atomic E-state index is -0.741. The quantitative estimate of drug-likeness (QED) is 0.0381. The highest BCUT2D eigenvalue weighted by Crippen LogP contribution is 2.43. The van der Waals surface area contributed by atoms with Gasteiger partial charge in [-0.1, -0.05) is 240 Å². The summed E-state index contributed by atoms with van der Waals surface area (Å²) < 4.78 is 0. The number of hydrogen-bond acceptors (Lipinski definition) is 25. The van der Waals surface area contributed by atoms with Crippen molar-refractivity contribution in [3.8, 4) is 113 Å². The average molecular weight is 2060 g/mol. The number of carbonyl (C=O) groups excluding carboxylic acids is 5. The highest BCUT2D eigenvalue weighted by molar-refractivity contribution is 6.37. The first kappa shape index (κ1) is 101. The Morgan fingerprint density at radius 2 is 0.507 bits per heavy atom. The molecule has 0 bridgehead atoms. The minimum absolute atomic E-state index is 0.0151. The molecule has 5 amide bonds. The van der Waals surface area contributed by atoms with Crippen molar-refractivity contribution in [3.63, 3.8) is 0 Å². The summed E-state index contributed by atoms with van der Waals surface area (Å²) in [4.78, 5) is 130. The normalized spacial score (nSPS) is 12.1. The fraction of sp³-hybridized carbons (Fsp3) is 0.115. The number of nitrogens with one attached hydrogen (secondary N) is 4. The van der Waals surface area contributed by atoms with Crippen LogP contribution in [0.25, 0.3) is 167 Å². The molecule has 0 spiro atoms. The van der Waals surface area contributed by atoms with Gasteiger partial charge < -0.3 is 55.7 Å². The fourth-order valence-electron chi connectivity index (χ4n) is 16.4. The van der Waals surface area contributed by atoms with Gasteiger partial charge in [-0.3, -0.25) is 48.9 Å². The zero-order chi connectivity index (χ0) is 104. The summed E-state index contributed by atoms with van der Waals surface area (Å²) in [6, 6.07) is 85.7. The molecule has 148 heavy (non-hydrogen) atoms. The summed E-state index contributed by atoms with van der Waals surface area (Å²) in [5, 5.41) is 18.4. The van der Waals surface area contributed by atoms with E-state index in [0.717, 1.165) is 109 Å². The number of anilines is 5. The van der Waals surface area contributed by atoms with Gasteiger partial charge in [0.25, 0.3) is 29.5 Å². The Morgan fingerprint density at radius 1 is 0.284 bits per heavy atom. The number of nitrogens with two attached hydrogens (primary N) is 6. The number of primary amides is 1. The number of nitrogen functional groups attached to an aromatic ring is 5. The van der Waals surface area contributed by atoms with Crippen LogP contribution >= 0.6 is 58.0 Å². The first-order valence-electron chi connectivity index (χ1n) is 47.0. The summed E-state index contributed by atoms with van der Waals surface area (Å²) in [5.74, 6) is -1.77. The first-order valence-corrected chi connectivity index (χ1v) is 48.8. The SMILES string of the molecule is CC(C)(C)NC(=O)c1nc(-c2cc(Cl)c3ncccc3c2)c(-c2ccccc2)nc1N.CCNC(=O)c1nc(-c2cc(Cl)c3ncccc3c2)c(-c2ccccc2)nc1N.NC(=O)c1nc(-c2cc(Cl)c3ncccc3c2)c(-c2ccccc2)nc1N.Nc1nc(-c2ccccc2)c(-c2cc(Cl)c3ncccc3c2)nc1C(=O)NC1CC1.Nc1nc(-c2ccccc2)c(-c2cc(Cl)c3ncccc3c2)nc1C(=O)NC1CCC1. The number of aromatic nitrogens is 15. The summed E-state index contributed by atoms with van der Waals surface area (Å²) in [5.41, 5.74) is 52.6. The lowest BCUT2D eigenvalue weighted by Gasteiger charge is -2.26. The second-order valence-corrected chi connectivity index (χ2v) is 37.6. The van der Waals surface area contributed by atoms with Crippen molar-refractivity contribution in [2.45, 2.75) is 77.4 Å². The van der Waals surface area contributed by atoms with Crippen LogP contribution in [0.4, 0.5) is 29.1 Å². The predicted octanol–water partition coefficient (Wildman–Crippen LogP) is 22.5. The molecule has 2 fully saturated rings. The predicted molar refractivity (Wildman–Crippen MR) is 587 cm³/mol. The highest BCUT2D eigenvalue weighted by atomic mass is 35.5. The van der Waals surface area contributed by atoms with Crippen LogP contribution in [0.2, 0.25) is 25.1 Å². The Morgan fingerprint density at radius 3 is 0.730 bits per heavy atom. The van der Waals surface area contributed by atoms with Crippen molar-refractivity contribution in [1.29, 1.82) is 0 Å². The molecule has 2 aliphatic rings. The summed E-state index contributed by atoms with van der Waals surface area (Å²) in [6.45, 7) is 7.97. The monoisotopic (exact) mass is 2050 g/mol. The Hall–Kier alpha value is -17.6. The maximum atomic E-state index is 12.9. The number of halogens is 5. The second kappa shape index (κ2) is 44.4. The van der Waals surface area contributed by atoms with Gasteiger partial charge in [0.1, 0.15) is 0 Å². The van der Waals surface area contributed by atoms with Crippen molar-refractivity contribution in [1.82, 2.24) is 96.0 Å². The van der Waals surface area contributed by atoms with Crippen molar-refractivity contribution < 1.29 is 24.0 Å². The third-order valence-electron chi connectivity index (χ3n) is 23.8. The van der Waals surface area contributed by atoms with Gasteiger partial charge in [-0.05, 0) is 151 Å². The van der Waals surface area contributed by atoms with Gasteiger partial charge in [0.05, 0.1) is 110 Å². The van der Waals surface area contributed by atoms with Crippen molar-refractivity contribution in [3.05, 3.63) is 358 Å².